The quantitative estimate of drug-likeness (QED) is 0.867. The summed E-state index contributed by atoms with van der Waals surface area (Å²) < 4.78 is 0. The van der Waals surface area contributed by atoms with Gasteiger partial charge in [-0.3, -0.25) is 4.79 Å². The van der Waals surface area contributed by atoms with Crippen molar-refractivity contribution in [2.45, 2.75) is 26.7 Å². The zero-order chi connectivity index (χ0) is 18.6. The maximum atomic E-state index is 12.6. The molecule has 2 heterocycles. The third-order valence-electron chi connectivity index (χ3n) is 5.50. The van der Waals surface area contributed by atoms with Crippen LogP contribution in [-0.4, -0.2) is 67.6 Å². The maximum absolute atomic E-state index is 12.6. The Labute approximate surface area is 155 Å². The van der Waals surface area contributed by atoms with E-state index in [4.69, 9.17) is 0 Å². The van der Waals surface area contributed by atoms with Crippen molar-refractivity contribution in [2.75, 3.05) is 45.8 Å². The van der Waals surface area contributed by atoms with Crippen LogP contribution in [0.3, 0.4) is 0 Å². The molecule has 1 aromatic carbocycles. The predicted octanol–water partition coefficient (Wildman–Crippen LogP) is 1.85. The number of hydrogen-bond donors (Lipinski definition) is 2. The number of carbonyl (C=O) groups is 2. The molecule has 2 aliphatic rings. The summed E-state index contributed by atoms with van der Waals surface area (Å²) in [5, 5.41) is 6.49. The summed E-state index contributed by atoms with van der Waals surface area (Å²) in [6.45, 7) is 9.27. The molecule has 0 saturated carbocycles. The zero-order valence-corrected chi connectivity index (χ0v) is 15.9. The highest BCUT2D eigenvalue weighted by atomic mass is 16.2. The van der Waals surface area contributed by atoms with Gasteiger partial charge in [-0.2, -0.15) is 0 Å². The first-order valence-electron chi connectivity index (χ1n) is 9.56. The summed E-state index contributed by atoms with van der Waals surface area (Å²) in [6, 6.07) is 7.64. The average molecular weight is 358 g/mol. The molecule has 1 unspecified atom stereocenters. The van der Waals surface area contributed by atoms with Gasteiger partial charge in [0.1, 0.15) is 0 Å². The molecule has 1 atom stereocenters. The summed E-state index contributed by atoms with van der Waals surface area (Å²) in [5.74, 6) is 0.0471. The molecule has 0 aromatic heterocycles. The highest BCUT2D eigenvalue weighted by Crippen LogP contribution is 2.24. The molecule has 0 radical (unpaired) electrons. The third-order valence-corrected chi connectivity index (χ3v) is 5.50. The number of carbonyl (C=O) groups excluding carboxylic acids is 2. The molecular formula is C20H30N4O2. The highest BCUT2D eigenvalue weighted by Gasteiger charge is 2.29. The minimum Gasteiger partial charge on any atom is -0.337 e. The van der Waals surface area contributed by atoms with E-state index in [1.807, 2.05) is 41.0 Å². The highest BCUT2D eigenvalue weighted by molar-refractivity contribution is 5.94. The number of benzene rings is 1. The van der Waals surface area contributed by atoms with Crippen LogP contribution >= 0.6 is 0 Å². The van der Waals surface area contributed by atoms with Crippen LogP contribution in [0.5, 0.6) is 0 Å². The summed E-state index contributed by atoms with van der Waals surface area (Å²) in [7, 11) is 0. The molecular weight excluding hydrogens is 328 g/mol. The monoisotopic (exact) mass is 358 g/mol. The lowest BCUT2D eigenvalue weighted by Crippen LogP contribution is -2.55. The van der Waals surface area contributed by atoms with E-state index in [1.165, 1.54) is 0 Å². The smallest absolute Gasteiger partial charge is 0.317 e. The second-order valence-electron chi connectivity index (χ2n) is 7.89. The van der Waals surface area contributed by atoms with Gasteiger partial charge in [-0.1, -0.05) is 24.6 Å². The Morgan fingerprint density at radius 2 is 1.77 bits per heavy atom. The minimum atomic E-state index is -0.0146. The Balaban J connectivity index is 1.46. The van der Waals surface area contributed by atoms with Crippen LogP contribution in [0.4, 0.5) is 4.79 Å². The van der Waals surface area contributed by atoms with E-state index in [9.17, 15) is 9.59 Å². The zero-order valence-electron chi connectivity index (χ0n) is 15.9. The molecule has 2 N–H and O–H groups in total. The van der Waals surface area contributed by atoms with Gasteiger partial charge in [0.25, 0.3) is 5.91 Å². The molecule has 2 aliphatic heterocycles. The first-order chi connectivity index (χ1) is 12.5. The molecule has 26 heavy (non-hydrogen) atoms. The van der Waals surface area contributed by atoms with Gasteiger partial charge in [-0.05, 0) is 43.9 Å². The molecule has 3 amide bonds. The fourth-order valence-electron chi connectivity index (χ4n) is 3.66. The Hall–Kier alpha value is -2.08. The average Bonchev–Trinajstić information content (AvgIpc) is 2.67. The van der Waals surface area contributed by atoms with Gasteiger partial charge in [0.2, 0.25) is 0 Å². The number of amides is 3. The van der Waals surface area contributed by atoms with Crippen LogP contribution in [0.25, 0.3) is 0 Å². The van der Waals surface area contributed by atoms with Gasteiger partial charge >= 0.3 is 6.03 Å². The first kappa shape index (κ1) is 18.7. The Kier molecular flexibility index (Phi) is 5.81. The van der Waals surface area contributed by atoms with Crippen molar-refractivity contribution in [3.8, 4) is 0 Å². The second-order valence-corrected chi connectivity index (χ2v) is 7.89. The van der Waals surface area contributed by atoms with Gasteiger partial charge in [-0.15, -0.1) is 0 Å². The molecule has 6 heteroatoms. The molecule has 0 bridgehead atoms. The topological polar surface area (TPSA) is 64.7 Å². The summed E-state index contributed by atoms with van der Waals surface area (Å²) in [4.78, 5) is 28.7. The van der Waals surface area contributed by atoms with E-state index in [2.05, 4.69) is 17.6 Å². The molecule has 2 fully saturated rings. The van der Waals surface area contributed by atoms with Crippen LogP contribution in [0.2, 0.25) is 0 Å². The van der Waals surface area contributed by atoms with Gasteiger partial charge in [-0.25, -0.2) is 4.79 Å². The number of hydrogen-bond acceptors (Lipinski definition) is 3. The van der Waals surface area contributed by atoms with Crippen molar-refractivity contribution < 1.29 is 9.59 Å². The van der Waals surface area contributed by atoms with Crippen molar-refractivity contribution >= 4 is 11.9 Å². The number of urea groups is 1. The normalized spacial score (nSPS) is 23.6. The van der Waals surface area contributed by atoms with Crippen LogP contribution in [0.15, 0.2) is 24.3 Å². The predicted molar refractivity (Wildman–Crippen MR) is 102 cm³/mol. The Bertz CT molecular complexity index is 630. The Morgan fingerprint density at radius 3 is 2.38 bits per heavy atom. The van der Waals surface area contributed by atoms with Gasteiger partial charge in [0.15, 0.2) is 0 Å². The van der Waals surface area contributed by atoms with Gasteiger partial charge < -0.3 is 20.4 Å². The van der Waals surface area contributed by atoms with Crippen LogP contribution in [0.1, 0.15) is 35.7 Å². The van der Waals surface area contributed by atoms with Crippen LogP contribution < -0.4 is 10.6 Å². The number of nitrogens with one attached hydrogen (secondary N) is 2. The van der Waals surface area contributed by atoms with Gasteiger partial charge in [0, 0.05) is 44.8 Å². The summed E-state index contributed by atoms with van der Waals surface area (Å²) in [5.41, 5.74) is 1.99. The number of nitrogens with zero attached hydrogens (tertiary/aromatic N) is 2. The van der Waals surface area contributed by atoms with Crippen LogP contribution in [0, 0.1) is 12.3 Å². The van der Waals surface area contributed by atoms with E-state index in [0.29, 0.717) is 38.3 Å². The number of aryl methyl sites for hydroxylation is 1. The molecule has 0 aliphatic carbocycles. The first-order valence-corrected chi connectivity index (χ1v) is 9.56. The lowest BCUT2D eigenvalue weighted by molar-refractivity contribution is 0.0663. The molecule has 142 valence electrons. The van der Waals surface area contributed by atoms with Crippen molar-refractivity contribution in [1.29, 1.82) is 0 Å². The van der Waals surface area contributed by atoms with E-state index < -0.39 is 0 Å². The molecule has 3 rings (SSSR count). The minimum absolute atomic E-state index is 0.0146. The largest absolute Gasteiger partial charge is 0.337 e. The Morgan fingerprint density at radius 1 is 1.12 bits per heavy atom. The van der Waals surface area contributed by atoms with E-state index >= 15 is 0 Å². The van der Waals surface area contributed by atoms with Gasteiger partial charge in [0.05, 0.1) is 0 Å². The van der Waals surface area contributed by atoms with Crippen molar-refractivity contribution in [2.24, 2.45) is 5.41 Å². The lowest BCUT2D eigenvalue weighted by atomic mass is 9.83. The SMILES string of the molecule is Cc1ccc(C(=O)N2CCN(C(=O)NCC3(C)CCCNC3)CC2)cc1. The van der Waals surface area contributed by atoms with E-state index in [0.717, 1.165) is 31.5 Å². The van der Waals surface area contributed by atoms with E-state index in [1.54, 1.807) is 0 Å². The van der Waals surface area contributed by atoms with Crippen molar-refractivity contribution in [3.63, 3.8) is 0 Å². The van der Waals surface area contributed by atoms with E-state index in [-0.39, 0.29) is 17.4 Å². The number of rotatable bonds is 3. The van der Waals surface area contributed by atoms with Crippen molar-refractivity contribution in [1.82, 2.24) is 20.4 Å². The summed E-state index contributed by atoms with van der Waals surface area (Å²) >= 11 is 0. The summed E-state index contributed by atoms with van der Waals surface area (Å²) in [6.07, 6.45) is 2.30. The number of piperazine rings is 1. The third kappa shape index (κ3) is 4.55. The molecule has 0 spiro atoms. The van der Waals surface area contributed by atoms with Crippen molar-refractivity contribution in [3.05, 3.63) is 35.4 Å². The fourth-order valence-corrected chi connectivity index (χ4v) is 3.66. The molecule has 6 nitrogen and oxygen atoms in total. The fraction of sp³-hybridized carbons (Fsp3) is 0.600. The standard InChI is InChI=1S/C20H30N4O2/c1-16-4-6-17(7-5-16)18(25)23-10-12-24(13-11-23)19(26)22-15-20(2)8-3-9-21-14-20/h4-7,21H,3,8-15H2,1-2H3,(H,22,26). The maximum Gasteiger partial charge on any atom is 0.317 e. The lowest BCUT2D eigenvalue weighted by Gasteiger charge is -2.37. The molecule has 2 saturated heterocycles. The second kappa shape index (κ2) is 8.08. The molecule has 1 aromatic rings. The van der Waals surface area contributed by atoms with Crippen LogP contribution in [-0.2, 0) is 0 Å². The number of piperidine rings is 1.